The molecule has 114 valence electrons. The zero-order chi connectivity index (χ0) is 14.8. The summed E-state index contributed by atoms with van der Waals surface area (Å²) in [5.41, 5.74) is 0.493. The topological polar surface area (TPSA) is 55.2 Å². The maximum absolute atomic E-state index is 12.7. The highest BCUT2D eigenvalue weighted by Gasteiger charge is 2.38. The smallest absolute Gasteiger partial charge is 0.274 e. The zero-order valence-corrected chi connectivity index (χ0v) is 12.6. The van der Waals surface area contributed by atoms with E-state index in [0.29, 0.717) is 17.9 Å². The maximum Gasteiger partial charge on any atom is 0.274 e. The second-order valence-electron chi connectivity index (χ2n) is 6.30. The standard InChI is InChI=1S/C16H23N3O2/c1-18-10-13(17-11-18)16(21)19-9-5-4-7-14(19)12-6-2-3-8-15(12)20/h10-12,14H,2-9H2,1H3. The molecule has 5 nitrogen and oxygen atoms in total. The van der Waals surface area contributed by atoms with Crippen molar-refractivity contribution in [2.75, 3.05) is 6.54 Å². The van der Waals surface area contributed by atoms with Crippen LogP contribution >= 0.6 is 0 Å². The summed E-state index contributed by atoms with van der Waals surface area (Å²) in [7, 11) is 1.86. The summed E-state index contributed by atoms with van der Waals surface area (Å²) in [5.74, 6) is 0.386. The number of ketones is 1. The lowest BCUT2D eigenvalue weighted by Gasteiger charge is -2.40. The van der Waals surface area contributed by atoms with Crippen LogP contribution in [0.3, 0.4) is 0 Å². The molecule has 21 heavy (non-hydrogen) atoms. The third-order valence-corrected chi connectivity index (χ3v) is 4.80. The van der Waals surface area contributed by atoms with Crippen LogP contribution in [0, 0.1) is 5.92 Å². The predicted molar refractivity (Wildman–Crippen MR) is 78.8 cm³/mol. The van der Waals surface area contributed by atoms with E-state index in [2.05, 4.69) is 4.98 Å². The molecule has 0 aromatic carbocycles. The van der Waals surface area contributed by atoms with E-state index in [1.54, 1.807) is 17.1 Å². The minimum absolute atomic E-state index is 0.0151. The normalized spacial score (nSPS) is 26.9. The van der Waals surface area contributed by atoms with Crippen molar-refractivity contribution in [2.24, 2.45) is 13.0 Å². The summed E-state index contributed by atoms with van der Waals surface area (Å²) < 4.78 is 1.79. The van der Waals surface area contributed by atoms with Crippen molar-refractivity contribution in [3.05, 3.63) is 18.2 Å². The van der Waals surface area contributed by atoms with Crippen LogP contribution in [-0.4, -0.2) is 38.7 Å². The summed E-state index contributed by atoms with van der Waals surface area (Å²) in [6, 6.07) is 0.0843. The number of hydrogen-bond donors (Lipinski definition) is 0. The van der Waals surface area contributed by atoms with E-state index in [1.807, 2.05) is 11.9 Å². The number of likely N-dealkylation sites (tertiary alicyclic amines) is 1. The number of carbonyl (C=O) groups excluding carboxylic acids is 2. The molecule has 2 heterocycles. The van der Waals surface area contributed by atoms with Crippen molar-refractivity contribution in [3.63, 3.8) is 0 Å². The molecule has 3 rings (SSSR count). The molecule has 2 atom stereocenters. The molecule has 1 aliphatic heterocycles. The van der Waals surface area contributed by atoms with Gasteiger partial charge in [0.05, 0.1) is 6.33 Å². The highest BCUT2D eigenvalue weighted by molar-refractivity contribution is 5.93. The molecule has 5 heteroatoms. The van der Waals surface area contributed by atoms with Gasteiger partial charge < -0.3 is 9.47 Å². The molecule has 2 unspecified atom stereocenters. The lowest BCUT2D eigenvalue weighted by atomic mass is 9.79. The molecule has 0 radical (unpaired) electrons. The average molecular weight is 289 g/mol. The molecule has 1 aromatic heterocycles. The Balaban J connectivity index is 1.80. The van der Waals surface area contributed by atoms with E-state index in [-0.39, 0.29) is 17.9 Å². The molecular weight excluding hydrogens is 266 g/mol. The molecule has 2 fully saturated rings. The van der Waals surface area contributed by atoms with Gasteiger partial charge in [-0.15, -0.1) is 0 Å². The van der Waals surface area contributed by atoms with E-state index in [0.717, 1.165) is 45.1 Å². The Morgan fingerprint density at radius 1 is 1.24 bits per heavy atom. The van der Waals surface area contributed by atoms with E-state index in [9.17, 15) is 9.59 Å². The number of piperidine rings is 1. The Morgan fingerprint density at radius 2 is 2.05 bits per heavy atom. The first-order valence-electron chi connectivity index (χ1n) is 7.98. The molecule has 0 spiro atoms. The molecule has 0 N–H and O–H groups in total. The molecular formula is C16H23N3O2. The van der Waals surface area contributed by atoms with Crippen molar-refractivity contribution in [1.82, 2.24) is 14.5 Å². The van der Waals surface area contributed by atoms with Crippen LogP contribution in [0.5, 0.6) is 0 Å². The fraction of sp³-hybridized carbons (Fsp3) is 0.688. The first-order valence-corrected chi connectivity index (χ1v) is 7.98. The van der Waals surface area contributed by atoms with Gasteiger partial charge in [0.15, 0.2) is 0 Å². The van der Waals surface area contributed by atoms with Crippen molar-refractivity contribution in [1.29, 1.82) is 0 Å². The summed E-state index contributed by atoms with van der Waals surface area (Å²) in [5, 5.41) is 0. The van der Waals surface area contributed by atoms with E-state index in [1.165, 1.54) is 0 Å². The number of Topliss-reactive ketones (excluding diaryl/α,β-unsaturated/α-hetero) is 1. The number of carbonyl (C=O) groups is 2. The molecule has 0 bridgehead atoms. The minimum Gasteiger partial charge on any atom is -0.340 e. The first-order chi connectivity index (χ1) is 10.2. The second kappa shape index (κ2) is 6.00. The quantitative estimate of drug-likeness (QED) is 0.838. The monoisotopic (exact) mass is 289 g/mol. The first kappa shape index (κ1) is 14.3. The van der Waals surface area contributed by atoms with Crippen LogP contribution in [0.1, 0.15) is 55.4 Å². The lowest BCUT2D eigenvalue weighted by molar-refractivity contribution is -0.127. The van der Waals surface area contributed by atoms with Crippen molar-refractivity contribution >= 4 is 11.7 Å². The predicted octanol–water partition coefficient (Wildman–Crippen LogP) is 2.17. The summed E-state index contributed by atoms with van der Waals surface area (Å²) in [6.07, 6.45) is 10.2. The number of aromatic nitrogens is 2. The Morgan fingerprint density at radius 3 is 2.76 bits per heavy atom. The molecule has 1 saturated carbocycles. The second-order valence-corrected chi connectivity index (χ2v) is 6.30. The Bertz CT molecular complexity index is 537. The summed E-state index contributed by atoms with van der Waals surface area (Å²) in [4.78, 5) is 31.0. The minimum atomic E-state index is -0.0151. The maximum atomic E-state index is 12.7. The lowest BCUT2D eigenvalue weighted by Crippen LogP contribution is -2.50. The number of rotatable bonds is 2. The summed E-state index contributed by atoms with van der Waals surface area (Å²) >= 11 is 0. The van der Waals surface area contributed by atoms with Gasteiger partial charge in [-0.1, -0.05) is 6.42 Å². The molecule has 1 amide bonds. The fourth-order valence-corrected chi connectivity index (χ4v) is 3.72. The van der Waals surface area contributed by atoms with Crippen LogP contribution in [0.4, 0.5) is 0 Å². The van der Waals surface area contributed by atoms with Crippen LogP contribution in [0.15, 0.2) is 12.5 Å². The Hall–Kier alpha value is -1.65. The van der Waals surface area contributed by atoms with Crippen LogP contribution in [0.2, 0.25) is 0 Å². The van der Waals surface area contributed by atoms with E-state index in [4.69, 9.17) is 0 Å². The van der Waals surface area contributed by atoms with Gasteiger partial charge in [0.25, 0.3) is 5.91 Å². The fourth-order valence-electron chi connectivity index (χ4n) is 3.72. The van der Waals surface area contributed by atoms with E-state index < -0.39 is 0 Å². The van der Waals surface area contributed by atoms with Gasteiger partial charge in [-0.05, 0) is 32.1 Å². The third-order valence-electron chi connectivity index (χ3n) is 4.80. The van der Waals surface area contributed by atoms with Crippen molar-refractivity contribution in [2.45, 2.75) is 51.0 Å². The van der Waals surface area contributed by atoms with Gasteiger partial charge in [0, 0.05) is 38.2 Å². The highest BCUT2D eigenvalue weighted by atomic mass is 16.2. The SMILES string of the molecule is Cn1cnc(C(=O)N2CCCCC2C2CCCCC2=O)c1. The van der Waals surface area contributed by atoms with Gasteiger partial charge in [-0.25, -0.2) is 4.98 Å². The van der Waals surface area contributed by atoms with Crippen LogP contribution < -0.4 is 0 Å². The number of nitrogens with zero attached hydrogens (tertiary/aromatic N) is 3. The van der Waals surface area contributed by atoms with Gasteiger partial charge in [0.2, 0.25) is 0 Å². The molecule has 1 aromatic rings. The number of imidazole rings is 1. The Labute approximate surface area is 125 Å². The number of hydrogen-bond acceptors (Lipinski definition) is 3. The van der Waals surface area contributed by atoms with Crippen LogP contribution in [0.25, 0.3) is 0 Å². The van der Waals surface area contributed by atoms with Gasteiger partial charge in [0.1, 0.15) is 11.5 Å². The number of amides is 1. The Kier molecular flexibility index (Phi) is 4.08. The van der Waals surface area contributed by atoms with Crippen molar-refractivity contribution < 1.29 is 9.59 Å². The highest BCUT2D eigenvalue weighted by Crippen LogP contribution is 2.32. The molecule has 2 aliphatic rings. The third kappa shape index (κ3) is 2.87. The summed E-state index contributed by atoms with van der Waals surface area (Å²) in [6.45, 7) is 0.754. The largest absolute Gasteiger partial charge is 0.340 e. The van der Waals surface area contributed by atoms with E-state index >= 15 is 0 Å². The zero-order valence-electron chi connectivity index (χ0n) is 12.6. The average Bonchev–Trinajstić information content (AvgIpc) is 2.94. The van der Waals surface area contributed by atoms with Gasteiger partial charge >= 0.3 is 0 Å². The van der Waals surface area contributed by atoms with Gasteiger partial charge in [-0.3, -0.25) is 9.59 Å². The van der Waals surface area contributed by atoms with Crippen molar-refractivity contribution in [3.8, 4) is 0 Å². The van der Waals surface area contributed by atoms with Gasteiger partial charge in [-0.2, -0.15) is 0 Å². The molecule has 1 aliphatic carbocycles. The molecule has 1 saturated heterocycles. The number of aryl methyl sites for hydroxylation is 1. The van der Waals surface area contributed by atoms with Crippen LogP contribution in [-0.2, 0) is 11.8 Å².